The van der Waals surface area contributed by atoms with E-state index in [0.29, 0.717) is 6.54 Å². The molecule has 2 aromatic heterocycles. The number of rotatable bonds is 7. The van der Waals surface area contributed by atoms with Crippen LogP contribution in [-0.2, 0) is 6.42 Å². The summed E-state index contributed by atoms with van der Waals surface area (Å²) in [4.78, 5) is 5.77. The molecule has 94 valence electrons. The third-order valence-corrected chi connectivity index (χ3v) is 4.54. The average molecular weight is 269 g/mol. The topological polar surface area (TPSA) is 43.3 Å². The van der Waals surface area contributed by atoms with Crippen LogP contribution in [0, 0.1) is 0 Å². The van der Waals surface area contributed by atoms with E-state index < -0.39 is 0 Å². The minimum atomic E-state index is 0.687. The Balaban J connectivity index is 2.08. The highest BCUT2D eigenvalue weighted by Crippen LogP contribution is 2.27. The summed E-state index contributed by atoms with van der Waals surface area (Å²) in [6.45, 7) is 2.92. The summed E-state index contributed by atoms with van der Waals surface area (Å²) in [5.74, 6) is 1.16. The molecule has 17 heavy (non-hydrogen) atoms. The van der Waals surface area contributed by atoms with Gasteiger partial charge in [-0.25, -0.2) is 4.98 Å². The zero-order chi connectivity index (χ0) is 12.1. The Labute approximate surface area is 110 Å². The molecule has 0 bridgehead atoms. The number of fused-ring (bicyclic) bond motifs is 1. The van der Waals surface area contributed by atoms with Crippen LogP contribution < -0.4 is 5.73 Å². The Hall–Kier alpha value is -0.520. The van der Waals surface area contributed by atoms with Crippen LogP contribution in [0.25, 0.3) is 4.96 Å². The summed E-state index contributed by atoms with van der Waals surface area (Å²) in [7, 11) is 0. The van der Waals surface area contributed by atoms with Crippen LogP contribution in [0.4, 0.5) is 0 Å². The van der Waals surface area contributed by atoms with Crippen molar-refractivity contribution in [1.29, 1.82) is 0 Å². The van der Waals surface area contributed by atoms with E-state index >= 15 is 0 Å². The number of nitrogens with two attached hydrogens (primary N) is 1. The van der Waals surface area contributed by atoms with Crippen molar-refractivity contribution in [3.63, 3.8) is 0 Å². The molecule has 2 heterocycles. The lowest BCUT2D eigenvalue weighted by Gasteiger charge is -2.02. The van der Waals surface area contributed by atoms with E-state index in [-0.39, 0.29) is 0 Å². The Morgan fingerprint density at radius 1 is 1.47 bits per heavy atom. The number of hydrogen-bond donors (Lipinski definition) is 1. The van der Waals surface area contributed by atoms with E-state index in [1.165, 1.54) is 30.0 Å². The van der Waals surface area contributed by atoms with Gasteiger partial charge in [0.15, 0.2) is 4.96 Å². The molecule has 0 saturated carbocycles. The molecule has 0 amide bonds. The lowest BCUT2D eigenvalue weighted by atomic mass is 10.3. The first-order chi connectivity index (χ1) is 8.36. The van der Waals surface area contributed by atoms with Crippen molar-refractivity contribution in [3.05, 3.63) is 17.3 Å². The van der Waals surface area contributed by atoms with E-state index in [2.05, 4.69) is 27.9 Å². The van der Waals surface area contributed by atoms with Crippen LogP contribution in [-0.4, -0.2) is 21.7 Å². The van der Waals surface area contributed by atoms with Crippen LogP contribution in [0.15, 0.2) is 16.6 Å². The van der Waals surface area contributed by atoms with Crippen LogP contribution in [0.3, 0.4) is 0 Å². The molecule has 0 aliphatic rings. The number of hydrogen-bond acceptors (Lipinski definition) is 4. The normalized spacial score (nSPS) is 11.4. The predicted molar refractivity (Wildman–Crippen MR) is 76.1 cm³/mol. The van der Waals surface area contributed by atoms with Crippen LogP contribution in [0.1, 0.15) is 31.9 Å². The van der Waals surface area contributed by atoms with Gasteiger partial charge in [0, 0.05) is 18.0 Å². The van der Waals surface area contributed by atoms with Gasteiger partial charge in [0.05, 0.1) is 5.69 Å². The van der Waals surface area contributed by atoms with Crippen molar-refractivity contribution >= 4 is 28.1 Å². The lowest BCUT2D eigenvalue weighted by molar-refractivity contribution is 0.777. The monoisotopic (exact) mass is 269 g/mol. The summed E-state index contributed by atoms with van der Waals surface area (Å²) < 4.78 is 2.18. The van der Waals surface area contributed by atoms with Crippen molar-refractivity contribution in [2.45, 2.75) is 37.6 Å². The van der Waals surface area contributed by atoms with Crippen LogP contribution >= 0.6 is 23.1 Å². The summed E-state index contributed by atoms with van der Waals surface area (Å²) in [6, 6.07) is 0. The van der Waals surface area contributed by atoms with E-state index in [4.69, 9.17) is 5.73 Å². The molecule has 0 aliphatic carbocycles. The quantitative estimate of drug-likeness (QED) is 0.620. The zero-order valence-corrected chi connectivity index (χ0v) is 11.8. The summed E-state index contributed by atoms with van der Waals surface area (Å²) >= 11 is 3.57. The fourth-order valence-corrected chi connectivity index (χ4v) is 3.66. The molecule has 0 atom stereocenters. The molecule has 0 aliphatic heterocycles. The van der Waals surface area contributed by atoms with Crippen molar-refractivity contribution in [2.24, 2.45) is 5.73 Å². The van der Waals surface area contributed by atoms with Gasteiger partial charge in [-0.3, -0.25) is 4.40 Å². The molecule has 0 saturated heterocycles. The molecular weight excluding hydrogens is 250 g/mol. The third kappa shape index (κ3) is 3.03. The first-order valence-corrected chi connectivity index (χ1v) is 8.00. The van der Waals surface area contributed by atoms with Gasteiger partial charge in [-0.2, -0.15) is 0 Å². The first kappa shape index (κ1) is 12.9. The van der Waals surface area contributed by atoms with Gasteiger partial charge in [-0.15, -0.1) is 23.1 Å². The van der Waals surface area contributed by atoms with Gasteiger partial charge in [-0.05, 0) is 18.7 Å². The fourth-order valence-electron chi connectivity index (χ4n) is 1.81. The fraction of sp³-hybridized carbons (Fsp3) is 0.583. The maximum absolute atomic E-state index is 5.68. The SMILES string of the molecule is CCCCCSc1nc2sccn2c1CCN. The second-order valence-electron chi connectivity index (χ2n) is 4.01. The van der Waals surface area contributed by atoms with Crippen molar-refractivity contribution < 1.29 is 0 Å². The number of aromatic nitrogens is 2. The summed E-state index contributed by atoms with van der Waals surface area (Å²) in [5.41, 5.74) is 6.96. The number of thioether (sulfide) groups is 1. The van der Waals surface area contributed by atoms with Gasteiger partial charge >= 0.3 is 0 Å². The zero-order valence-electron chi connectivity index (χ0n) is 10.2. The van der Waals surface area contributed by atoms with E-state index in [1.807, 2.05) is 11.8 Å². The highest BCUT2D eigenvalue weighted by Gasteiger charge is 2.12. The second-order valence-corrected chi connectivity index (χ2v) is 5.97. The highest BCUT2D eigenvalue weighted by molar-refractivity contribution is 7.99. The molecule has 2 rings (SSSR count). The summed E-state index contributed by atoms with van der Waals surface area (Å²) in [6.07, 6.45) is 6.85. The molecule has 0 spiro atoms. The Bertz CT molecular complexity index is 461. The number of nitrogens with zero attached hydrogens (tertiary/aromatic N) is 2. The van der Waals surface area contributed by atoms with Gasteiger partial charge in [0.25, 0.3) is 0 Å². The molecule has 0 unspecified atom stereocenters. The molecule has 2 aromatic rings. The molecule has 2 N–H and O–H groups in total. The number of thiazole rings is 1. The van der Waals surface area contributed by atoms with E-state index in [9.17, 15) is 0 Å². The largest absolute Gasteiger partial charge is 0.330 e. The molecule has 3 nitrogen and oxygen atoms in total. The van der Waals surface area contributed by atoms with E-state index in [0.717, 1.165) is 17.1 Å². The maximum Gasteiger partial charge on any atom is 0.194 e. The molecule has 0 fully saturated rings. The van der Waals surface area contributed by atoms with Gasteiger partial charge in [0.1, 0.15) is 5.03 Å². The van der Waals surface area contributed by atoms with Crippen molar-refractivity contribution in [2.75, 3.05) is 12.3 Å². The highest BCUT2D eigenvalue weighted by atomic mass is 32.2. The average Bonchev–Trinajstić information content (AvgIpc) is 2.88. The second kappa shape index (κ2) is 6.42. The predicted octanol–water partition coefficient (Wildman–Crippen LogP) is 3.18. The third-order valence-electron chi connectivity index (χ3n) is 2.69. The Kier molecular flexibility index (Phi) is 4.88. The Morgan fingerprint density at radius 3 is 3.12 bits per heavy atom. The minimum absolute atomic E-state index is 0.687. The molecule has 5 heteroatoms. The standard InChI is InChI=1S/C12H19N3S2/c1-2-3-4-8-16-11-10(5-6-13)15-7-9-17-12(15)14-11/h7,9H,2-6,8,13H2,1H3. The maximum atomic E-state index is 5.68. The molecule has 0 aromatic carbocycles. The smallest absolute Gasteiger partial charge is 0.194 e. The Morgan fingerprint density at radius 2 is 2.35 bits per heavy atom. The number of imidazole rings is 1. The first-order valence-electron chi connectivity index (χ1n) is 6.14. The van der Waals surface area contributed by atoms with Gasteiger partial charge in [-0.1, -0.05) is 19.8 Å². The van der Waals surface area contributed by atoms with Gasteiger partial charge in [0.2, 0.25) is 0 Å². The van der Waals surface area contributed by atoms with Gasteiger partial charge < -0.3 is 5.73 Å². The lowest BCUT2D eigenvalue weighted by Crippen LogP contribution is -2.05. The van der Waals surface area contributed by atoms with E-state index in [1.54, 1.807) is 11.3 Å². The van der Waals surface area contributed by atoms with Crippen LogP contribution in [0.5, 0.6) is 0 Å². The van der Waals surface area contributed by atoms with Crippen molar-refractivity contribution in [1.82, 2.24) is 9.38 Å². The van der Waals surface area contributed by atoms with Crippen LogP contribution in [0.2, 0.25) is 0 Å². The van der Waals surface area contributed by atoms with Crippen molar-refractivity contribution in [3.8, 4) is 0 Å². The molecule has 0 radical (unpaired) electrons. The minimum Gasteiger partial charge on any atom is -0.330 e. The number of unbranched alkanes of at least 4 members (excludes halogenated alkanes) is 2. The summed E-state index contributed by atoms with van der Waals surface area (Å²) in [5, 5.41) is 3.26. The molecular formula is C12H19N3S2.